The van der Waals surface area contributed by atoms with E-state index < -0.39 is 32.9 Å². The van der Waals surface area contributed by atoms with E-state index in [9.17, 15) is 0 Å². The molecule has 0 aliphatic heterocycles. The largest absolute Gasteiger partial charge is 0.299 e. The molecule has 114 valence electrons. The van der Waals surface area contributed by atoms with Gasteiger partial charge in [0.15, 0.2) is 5.69 Å². The quantitative estimate of drug-likeness (QED) is 0.587. The van der Waals surface area contributed by atoms with Crippen LogP contribution in [0.25, 0.3) is 21.9 Å². The van der Waals surface area contributed by atoms with Gasteiger partial charge in [-0.3, -0.25) is 4.57 Å². The third kappa shape index (κ3) is 2.64. The number of benzene rings is 2. The lowest BCUT2D eigenvalue weighted by Crippen LogP contribution is -2.02. The Morgan fingerprint density at radius 3 is 2.52 bits per heavy atom. The highest BCUT2D eigenvalue weighted by molar-refractivity contribution is 5.68. The van der Waals surface area contributed by atoms with Gasteiger partial charge >= 0.3 is 0 Å². The normalized spacial score (nSPS) is 19.2. The molecule has 1 heterocycles. The molecule has 0 aliphatic carbocycles. The van der Waals surface area contributed by atoms with Crippen molar-refractivity contribution in [3.63, 3.8) is 0 Å². The van der Waals surface area contributed by atoms with Gasteiger partial charge in [0.1, 0.15) is 5.82 Å². The summed E-state index contributed by atoms with van der Waals surface area (Å²) in [5.74, 6) is -0.156. The van der Waals surface area contributed by atoms with Crippen LogP contribution in [0.5, 0.6) is 0 Å². The summed E-state index contributed by atoms with van der Waals surface area (Å²) in [5.41, 5.74) is -0.895. The van der Waals surface area contributed by atoms with Crippen LogP contribution in [-0.4, -0.2) is 9.55 Å². The molecule has 0 unspecified atom stereocenters. The Labute approximate surface area is 152 Å². The van der Waals surface area contributed by atoms with Crippen molar-refractivity contribution >= 4 is 5.69 Å². The van der Waals surface area contributed by atoms with E-state index in [0.29, 0.717) is 5.56 Å². The minimum absolute atomic E-state index is 0.125. The lowest BCUT2D eigenvalue weighted by atomic mass is 10.0. The molecule has 23 heavy (non-hydrogen) atoms. The fourth-order valence-corrected chi connectivity index (χ4v) is 2.37. The topological polar surface area (TPSA) is 22.2 Å². The monoisotopic (exact) mass is 312 g/mol. The van der Waals surface area contributed by atoms with Crippen molar-refractivity contribution in [2.24, 2.45) is 0 Å². The molecular formula is C20H19N3. The molecule has 3 nitrogen and oxygen atoms in total. The van der Waals surface area contributed by atoms with Crippen LogP contribution in [0.2, 0.25) is 0 Å². The second-order valence-electron chi connectivity index (χ2n) is 5.05. The lowest BCUT2D eigenvalue weighted by Gasteiger charge is -2.15. The van der Waals surface area contributed by atoms with Crippen LogP contribution in [0.4, 0.5) is 5.69 Å². The number of aryl methyl sites for hydroxylation is 4. The minimum Gasteiger partial charge on any atom is -0.299 e. The molecule has 3 aromatic rings. The number of imidazole rings is 1. The smallest absolute Gasteiger partial charge is 0.190 e. The van der Waals surface area contributed by atoms with Gasteiger partial charge < -0.3 is 0 Å². The van der Waals surface area contributed by atoms with Crippen LogP contribution in [0, 0.1) is 34.1 Å². The minimum atomic E-state index is -2.76. The average molecular weight is 312 g/mol. The van der Waals surface area contributed by atoms with Gasteiger partial charge in [-0.05, 0) is 50.2 Å². The highest BCUT2D eigenvalue weighted by atomic mass is 15.1. The first-order valence-corrected chi connectivity index (χ1v) is 6.71. The molecule has 0 amide bonds. The number of hydrogen-bond donors (Lipinski definition) is 0. The Hall–Kier alpha value is -2.86. The van der Waals surface area contributed by atoms with Crippen LogP contribution in [0.15, 0.2) is 42.7 Å². The van der Waals surface area contributed by atoms with Crippen molar-refractivity contribution in [2.45, 2.75) is 27.5 Å². The molecule has 0 bridgehead atoms. The molecule has 0 aliphatic rings. The zero-order chi connectivity index (χ0) is 25.8. The van der Waals surface area contributed by atoms with E-state index >= 15 is 0 Å². The van der Waals surface area contributed by atoms with Gasteiger partial charge in [0.05, 0.1) is 15.0 Å². The standard InChI is InChI=1S/C20H19N3/c1-13-10-15(3)19(16(4)11-13)23-9-8-22-20(23)17-7-6-14(2)18(12-17)21-5/h6-12H,1-4H3/i2D3,3D3,4D3,8D,9D. The van der Waals surface area contributed by atoms with Crippen molar-refractivity contribution < 1.29 is 15.1 Å². The summed E-state index contributed by atoms with van der Waals surface area (Å²) in [6, 6.07) is 6.34. The molecule has 0 radical (unpaired) electrons. The van der Waals surface area contributed by atoms with Gasteiger partial charge in [0.25, 0.3) is 0 Å². The average Bonchev–Trinajstić information content (AvgIpc) is 2.99. The van der Waals surface area contributed by atoms with Gasteiger partial charge in [-0.2, -0.15) is 0 Å². The Bertz CT molecular complexity index is 1270. The predicted octanol–water partition coefficient (Wildman–Crippen LogP) is 5.32. The fraction of sp³-hybridized carbons (Fsp3) is 0.200. The van der Waals surface area contributed by atoms with Crippen LogP contribution in [0.3, 0.4) is 0 Å². The molecule has 2 aromatic carbocycles. The van der Waals surface area contributed by atoms with E-state index in [1.165, 1.54) is 30.3 Å². The van der Waals surface area contributed by atoms with Gasteiger partial charge in [-0.25, -0.2) is 9.83 Å². The zero-order valence-corrected chi connectivity index (χ0v) is 12.2. The third-order valence-electron chi connectivity index (χ3n) is 3.39. The molecular weight excluding hydrogens is 282 g/mol. The summed E-state index contributed by atoms with van der Waals surface area (Å²) in [5, 5.41) is 0. The Morgan fingerprint density at radius 2 is 1.87 bits per heavy atom. The summed E-state index contributed by atoms with van der Waals surface area (Å²) >= 11 is 0. The molecule has 0 fully saturated rings. The molecule has 0 saturated carbocycles. The second kappa shape index (κ2) is 5.73. The maximum Gasteiger partial charge on any atom is 0.190 e. The molecule has 0 atom stereocenters. The van der Waals surface area contributed by atoms with Gasteiger partial charge in [0.2, 0.25) is 0 Å². The summed E-state index contributed by atoms with van der Waals surface area (Å²) in [4.78, 5) is 7.28. The number of rotatable bonds is 2. The highest BCUT2D eigenvalue weighted by Gasteiger charge is 2.13. The summed E-state index contributed by atoms with van der Waals surface area (Å²) in [7, 11) is 0. The van der Waals surface area contributed by atoms with Crippen LogP contribution < -0.4 is 0 Å². The molecule has 3 rings (SSSR count). The van der Waals surface area contributed by atoms with Crippen molar-refractivity contribution in [1.82, 2.24) is 9.55 Å². The first-order valence-electron chi connectivity index (χ1n) is 12.2. The van der Waals surface area contributed by atoms with Gasteiger partial charge in [-0.1, -0.05) is 29.8 Å². The van der Waals surface area contributed by atoms with E-state index in [0.717, 1.165) is 4.57 Å². The zero-order valence-electron chi connectivity index (χ0n) is 23.2. The predicted molar refractivity (Wildman–Crippen MR) is 94.2 cm³/mol. The molecule has 0 saturated heterocycles. The molecule has 3 heteroatoms. The second-order valence-corrected chi connectivity index (χ2v) is 5.05. The van der Waals surface area contributed by atoms with Crippen molar-refractivity contribution in [1.29, 1.82) is 0 Å². The molecule has 0 spiro atoms. The first-order chi connectivity index (χ1) is 15.5. The van der Waals surface area contributed by atoms with Gasteiger partial charge in [0, 0.05) is 30.2 Å². The maximum atomic E-state index is 8.39. The first kappa shape index (κ1) is 6.72. The van der Waals surface area contributed by atoms with Crippen molar-refractivity contribution in [3.8, 4) is 17.1 Å². The van der Waals surface area contributed by atoms with Crippen molar-refractivity contribution in [3.05, 3.63) is 76.3 Å². The highest BCUT2D eigenvalue weighted by Crippen LogP contribution is 2.30. The van der Waals surface area contributed by atoms with Crippen LogP contribution in [0.1, 0.15) is 37.3 Å². The maximum absolute atomic E-state index is 8.39. The molecule has 0 N–H and O–H groups in total. The number of nitrogens with zero attached hydrogens (tertiary/aromatic N) is 3. The summed E-state index contributed by atoms with van der Waals surface area (Å²) in [6.07, 6.45) is -1.10. The van der Waals surface area contributed by atoms with E-state index in [4.69, 9.17) is 21.7 Å². The Kier molecular flexibility index (Phi) is 1.68. The van der Waals surface area contributed by atoms with Crippen LogP contribution >= 0.6 is 0 Å². The summed E-state index contributed by atoms with van der Waals surface area (Å²) in [6.45, 7) is 0.841. The van der Waals surface area contributed by atoms with E-state index in [1.807, 2.05) is 0 Å². The number of hydrogen-bond acceptors (Lipinski definition) is 1. The Morgan fingerprint density at radius 1 is 1.13 bits per heavy atom. The van der Waals surface area contributed by atoms with E-state index in [-0.39, 0.29) is 39.5 Å². The third-order valence-corrected chi connectivity index (χ3v) is 3.39. The van der Waals surface area contributed by atoms with E-state index in [2.05, 4.69) is 9.83 Å². The number of aromatic nitrogens is 2. The van der Waals surface area contributed by atoms with E-state index in [1.54, 1.807) is 6.92 Å². The molecule has 1 aromatic heterocycles. The van der Waals surface area contributed by atoms with Crippen LogP contribution in [-0.2, 0) is 0 Å². The lowest BCUT2D eigenvalue weighted by molar-refractivity contribution is 1.03. The fourth-order valence-electron chi connectivity index (χ4n) is 2.37. The Balaban J connectivity index is 2.46. The summed E-state index contributed by atoms with van der Waals surface area (Å²) < 4.78 is 88.1. The SMILES string of the molecule is [2H]c1nc(-c2ccc(C([2H])([2H])[2H])c([N+]#[C-])c2)n(-c2c(C([2H])([2H])[2H])cc(C)cc2C([2H])([2H])[2H])c1[2H]. The van der Waals surface area contributed by atoms with Crippen molar-refractivity contribution in [2.75, 3.05) is 0 Å². The van der Waals surface area contributed by atoms with Gasteiger partial charge in [-0.15, -0.1) is 0 Å².